The lowest BCUT2D eigenvalue weighted by atomic mass is 9.96. The maximum Gasteiger partial charge on any atom is 0.107 e. The molecule has 0 saturated carbocycles. The topological polar surface area (TPSA) is 18.8 Å². The van der Waals surface area contributed by atoms with Crippen molar-refractivity contribution in [3.8, 4) is 0 Å². The van der Waals surface area contributed by atoms with E-state index in [0.29, 0.717) is 5.92 Å². The van der Waals surface area contributed by atoms with Crippen molar-refractivity contribution in [2.24, 2.45) is 10.9 Å². The van der Waals surface area contributed by atoms with Gasteiger partial charge in [-0.1, -0.05) is 57.3 Å². The van der Waals surface area contributed by atoms with Gasteiger partial charge in [-0.25, -0.2) is 0 Å². The van der Waals surface area contributed by atoms with E-state index in [0.717, 1.165) is 43.0 Å². The number of aliphatic imine (C=N–C) groups is 1. The van der Waals surface area contributed by atoms with E-state index < -0.39 is 0 Å². The second-order valence-corrected chi connectivity index (χ2v) is 11.9. The molecule has 0 radical (unpaired) electrons. The molecular weight excluding hydrogens is 434 g/mol. The summed E-state index contributed by atoms with van der Waals surface area (Å²) in [5.74, 6) is 1.73. The van der Waals surface area contributed by atoms with Gasteiger partial charge in [0, 0.05) is 36.0 Å². The van der Waals surface area contributed by atoms with Gasteiger partial charge >= 0.3 is 0 Å². The molecule has 34 heavy (non-hydrogen) atoms. The van der Waals surface area contributed by atoms with Crippen molar-refractivity contribution < 1.29 is 0 Å². The number of nitrogens with zero attached hydrogens (tertiary/aromatic N) is 3. The van der Waals surface area contributed by atoms with Crippen LogP contribution in [0.2, 0.25) is 0 Å². The number of hydrogen-bond acceptors (Lipinski definition) is 4. The molecule has 3 heterocycles. The molecule has 0 unspecified atom stereocenters. The third-order valence-corrected chi connectivity index (χ3v) is 8.16. The maximum absolute atomic E-state index is 4.65. The van der Waals surface area contributed by atoms with Crippen LogP contribution in [0.1, 0.15) is 74.6 Å². The van der Waals surface area contributed by atoms with Crippen LogP contribution < -0.4 is 4.90 Å². The largest absolute Gasteiger partial charge is 0.323 e. The zero-order valence-corrected chi connectivity index (χ0v) is 22.6. The summed E-state index contributed by atoms with van der Waals surface area (Å²) in [5, 5.41) is 1.26. The fraction of sp³-hybridized carbons (Fsp3) is 0.433. The average molecular weight is 474 g/mol. The molecule has 3 nitrogen and oxygen atoms in total. The smallest absolute Gasteiger partial charge is 0.107 e. The van der Waals surface area contributed by atoms with Crippen molar-refractivity contribution in [1.82, 2.24) is 4.90 Å². The van der Waals surface area contributed by atoms with Gasteiger partial charge in [0.2, 0.25) is 0 Å². The predicted molar refractivity (Wildman–Crippen MR) is 150 cm³/mol. The molecule has 0 bridgehead atoms. The molecule has 0 fully saturated rings. The molecule has 4 rings (SSSR count). The van der Waals surface area contributed by atoms with Gasteiger partial charge in [-0.2, -0.15) is 0 Å². The van der Waals surface area contributed by atoms with Gasteiger partial charge in [0.15, 0.2) is 0 Å². The molecular formula is C30H39N3S. The zero-order chi connectivity index (χ0) is 24.6. The van der Waals surface area contributed by atoms with Gasteiger partial charge in [-0.3, -0.25) is 4.99 Å². The molecule has 2 aliphatic heterocycles. The van der Waals surface area contributed by atoms with E-state index in [-0.39, 0.29) is 5.54 Å². The van der Waals surface area contributed by atoms with Crippen LogP contribution in [0.25, 0.3) is 5.70 Å². The van der Waals surface area contributed by atoms with Crippen molar-refractivity contribution in [2.45, 2.75) is 72.8 Å². The first-order chi connectivity index (χ1) is 16.1. The Morgan fingerprint density at radius 2 is 1.76 bits per heavy atom. The zero-order valence-electron chi connectivity index (χ0n) is 21.7. The van der Waals surface area contributed by atoms with Crippen molar-refractivity contribution in [3.05, 3.63) is 82.7 Å². The number of benzene rings is 1. The summed E-state index contributed by atoms with van der Waals surface area (Å²) >= 11 is 1.85. The molecule has 4 heteroatoms. The van der Waals surface area contributed by atoms with Crippen molar-refractivity contribution in [2.75, 3.05) is 11.4 Å². The average Bonchev–Trinajstić information content (AvgIpc) is 3.40. The number of allylic oxidation sites excluding steroid dienone is 1. The molecule has 2 aromatic rings. The van der Waals surface area contributed by atoms with Gasteiger partial charge in [0.05, 0.1) is 10.6 Å². The van der Waals surface area contributed by atoms with Crippen molar-refractivity contribution in [3.63, 3.8) is 0 Å². The van der Waals surface area contributed by atoms with Gasteiger partial charge in [0.1, 0.15) is 10.8 Å². The molecule has 2 aliphatic rings. The van der Waals surface area contributed by atoms with E-state index >= 15 is 0 Å². The Morgan fingerprint density at radius 1 is 1.09 bits per heavy atom. The first-order valence-corrected chi connectivity index (χ1v) is 13.3. The molecule has 1 aromatic heterocycles. The summed E-state index contributed by atoms with van der Waals surface area (Å²) < 4.78 is 0. The van der Waals surface area contributed by atoms with Crippen molar-refractivity contribution >= 4 is 27.7 Å². The maximum atomic E-state index is 4.65. The number of aryl methyl sites for hydroxylation is 1. The van der Waals surface area contributed by atoms with E-state index in [9.17, 15) is 0 Å². The molecule has 180 valence electrons. The normalized spacial score (nSPS) is 16.0. The molecule has 0 amide bonds. The van der Waals surface area contributed by atoms with Gasteiger partial charge in [-0.15, -0.1) is 11.3 Å². The Bertz CT molecular complexity index is 1160. The summed E-state index contributed by atoms with van der Waals surface area (Å²) in [6, 6.07) is 8.95. The molecule has 1 aromatic carbocycles. The predicted octanol–water partition coefficient (Wildman–Crippen LogP) is 7.96. The number of thiophene rings is 1. The summed E-state index contributed by atoms with van der Waals surface area (Å²) in [7, 11) is 0. The van der Waals surface area contributed by atoms with Crippen molar-refractivity contribution in [1.29, 1.82) is 0 Å². The number of rotatable bonds is 7. The minimum Gasteiger partial charge on any atom is -0.323 e. The molecule has 0 aliphatic carbocycles. The Morgan fingerprint density at radius 3 is 2.35 bits per heavy atom. The monoisotopic (exact) mass is 473 g/mol. The fourth-order valence-electron chi connectivity index (χ4n) is 5.06. The summed E-state index contributed by atoms with van der Waals surface area (Å²) in [4.78, 5) is 10.7. The third kappa shape index (κ3) is 4.65. The van der Waals surface area contributed by atoms with E-state index in [4.69, 9.17) is 0 Å². The minimum atomic E-state index is -0.111. The van der Waals surface area contributed by atoms with Gasteiger partial charge in [-0.05, 0) is 69.6 Å². The standard InChI is InChI=1S/C30H39N3S/c1-20(2)15-16-24-12-9-10-13-25(24)17-19-32-23(5)33(30(6,7)8)22(4)27-21(3)28(34-29(27)32)26-14-11-18-31-26/h9-13,18,20H,4-5,14-17,19H2,1-3,6-8H3. The SMILES string of the molecule is C=C1c2c(sc(C3=NC=CC3)c2C)N(CCc2ccccc2CCC(C)C)C(=C)N1C(C)(C)C. The first-order valence-electron chi connectivity index (χ1n) is 12.5. The lowest BCUT2D eigenvalue weighted by molar-refractivity contribution is 0.265. The summed E-state index contributed by atoms with van der Waals surface area (Å²) in [6.07, 6.45) is 8.31. The highest BCUT2D eigenvalue weighted by Crippen LogP contribution is 2.49. The number of hydrogen-bond donors (Lipinski definition) is 0. The highest BCUT2D eigenvalue weighted by molar-refractivity contribution is 7.18. The van der Waals surface area contributed by atoms with E-state index in [1.54, 1.807) is 0 Å². The highest BCUT2D eigenvalue weighted by atomic mass is 32.1. The molecule has 0 saturated heterocycles. The molecule has 0 atom stereocenters. The summed E-state index contributed by atoms with van der Waals surface area (Å²) in [5.41, 5.74) is 7.57. The van der Waals surface area contributed by atoms with Gasteiger partial charge in [0.25, 0.3) is 0 Å². The van der Waals surface area contributed by atoms with Crippen LogP contribution in [0.3, 0.4) is 0 Å². The second kappa shape index (κ2) is 9.58. The third-order valence-electron chi connectivity index (χ3n) is 6.80. The van der Waals surface area contributed by atoms with Crippen LogP contribution in [0.15, 0.2) is 60.5 Å². The highest BCUT2D eigenvalue weighted by Gasteiger charge is 2.38. The van der Waals surface area contributed by atoms with Gasteiger partial charge < -0.3 is 9.80 Å². The summed E-state index contributed by atoms with van der Waals surface area (Å²) in [6.45, 7) is 23.6. The Hall–Kier alpha value is -2.59. The van der Waals surface area contributed by atoms with Crippen LogP contribution in [-0.2, 0) is 12.8 Å². The van der Waals surface area contributed by atoms with E-state index in [2.05, 4.69) is 99.8 Å². The van der Waals surface area contributed by atoms with E-state index in [1.807, 2.05) is 17.5 Å². The fourth-order valence-corrected chi connectivity index (χ4v) is 6.45. The second-order valence-electron chi connectivity index (χ2n) is 10.9. The lowest BCUT2D eigenvalue weighted by Gasteiger charge is -2.47. The quantitative estimate of drug-likeness (QED) is 0.406. The number of fused-ring (bicyclic) bond motifs is 1. The van der Waals surface area contributed by atoms with Crippen LogP contribution in [0.5, 0.6) is 0 Å². The van der Waals surface area contributed by atoms with Crippen LogP contribution >= 0.6 is 11.3 Å². The van der Waals surface area contributed by atoms with Crippen LogP contribution in [-0.4, -0.2) is 22.7 Å². The van der Waals surface area contributed by atoms with Crippen LogP contribution in [0.4, 0.5) is 5.00 Å². The Balaban J connectivity index is 1.70. The first kappa shape index (κ1) is 24.5. The minimum absolute atomic E-state index is 0.111. The Labute approximate surface area is 210 Å². The van der Waals surface area contributed by atoms with E-state index in [1.165, 1.54) is 38.6 Å². The lowest BCUT2D eigenvalue weighted by Crippen LogP contribution is -2.47. The number of anilines is 1. The molecule has 0 spiro atoms. The molecule has 0 N–H and O–H groups in total. The van der Waals surface area contributed by atoms with Crippen LogP contribution in [0, 0.1) is 12.8 Å². The Kier molecular flexibility index (Phi) is 6.91.